The molecule has 0 saturated heterocycles. The van der Waals surface area contributed by atoms with Gasteiger partial charge in [0.05, 0.1) is 12.1 Å². The molecule has 0 unspecified atom stereocenters. The van der Waals surface area contributed by atoms with Crippen LogP contribution in [0.15, 0.2) is 6.07 Å². The number of alkyl halides is 6. The third-order valence-corrected chi connectivity index (χ3v) is 2.17. The number of hydrogen-bond acceptors (Lipinski definition) is 4. The molecule has 0 amide bonds. The highest BCUT2D eigenvalue weighted by Gasteiger charge is 2.42. The largest absolute Gasteiger partial charge is 0.574 e. The van der Waals surface area contributed by atoms with E-state index in [1.165, 1.54) is 0 Å². The predicted octanol–water partition coefficient (Wildman–Crippen LogP) is 2.08. The number of carbonyl (C=O) groups is 1. The van der Waals surface area contributed by atoms with Crippen LogP contribution in [0.1, 0.15) is 16.8 Å². The summed E-state index contributed by atoms with van der Waals surface area (Å²) in [4.78, 5) is 13.5. The zero-order valence-corrected chi connectivity index (χ0v) is 10.0. The lowest BCUT2D eigenvalue weighted by atomic mass is 10.1. The summed E-state index contributed by atoms with van der Waals surface area (Å²) in [5.41, 5.74) is 2.01. The number of nitrogens with zero attached hydrogens (tertiary/aromatic N) is 1. The van der Waals surface area contributed by atoms with Gasteiger partial charge in [0.15, 0.2) is 0 Å². The molecule has 0 bridgehead atoms. The summed E-state index contributed by atoms with van der Waals surface area (Å²) in [6.07, 6.45) is -11.5. The molecule has 0 aliphatic heterocycles. The first-order chi connectivity index (χ1) is 9.44. The number of halogens is 6. The SMILES string of the molecule is NCc1cc(CC(=O)O)nc(OC(F)(F)F)c1C(F)(F)F. The molecule has 11 heteroatoms. The fourth-order valence-corrected chi connectivity index (χ4v) is 1.52. The van der Waals surface area contributed by atoms with Crippen molar-refractivity contribution >= 4 is 5.97 Å². The van der Waals surface area contributed by atoms with Crippen molar-refractivity contribution in [2.24, 2.45) is 5.73 Å². The molecule has 0 aliphatic carbocycles. The van der Waals surface area contributed by atoms with Gasteiger partial charge in [0, 0.05) is 6.54 Å². The third-order valence-electron chi connectivity index (χ3n) is 2.17. The average molecular weight is 318 g/mol. The quantitative estimate of drug-likeness (QED) is 0.830. The van der Waals surface area contributed by atoms with Gasteiger partial charge >= 0.3 is 18.5 Å². The zero-order valence-electron chi connectivity index (χ0n) is 10.0. The van der Waals surface area contributed by atoms with Gasteiger partial charge in [-0.25, -0.2) is 4.98 Å². The molecule has 1 heterocycles. The Labute approximate surface area is 113 Å². The Morgan fingerprint density at radius 3 is 2.24 bits per heavy atom. The molecular weight excluding hydrogens is 310 g/mol. The summed E-state index contributed by atoms with van der Waals surface area (Å²) in [5, 5.41) is 8.53. The van der Waals surface area contributed by atoms with Crippen molar-refractivity contribution in [3.63, 3.8) is 0 Å². The minimum absolute atomic E-state index is 0.532. The molecule has 5 nitrogen and oxygen atoms in total. The molecule has 0 saturated carbocycles. The minimum Gasteiger partial charge on any atom is -0.481 e. The Morgan fingerprint density at radius 2 is 1.86 bits per heavy atom. The molecule has 1 aromatic heterocycles. The van der Waals surface area contributed by atoms with Gasteiger partial charge < -0.3 is 15.6 Å². The molecule has 118 valence electrons. The zero-order chi connectivity index (χ0) is 16.4. The Bertz CT molecular complexity index is 541. The Kier molecular flexibility index (Phi) is 4.66. The van der Waals surface area contributed by atoms with E-state index in [9.17, 15) is 31.1 Å². The number of rotatable bonds is 4. The van der Waals surface area contributed by atoms with Crippen molar-refractivity contribution in [2.75, 3.05) is 0 Å². The van der Waals surface area contributed by atoms with Gasteiger partial charge in [0.2, 0.25) is 5.88 Å². The van der Waals surface area contributed by atoms with Gasteiger partial charge in [-0.3, -0.25) is 4.79 Å². The number of ether oxygens (including phenoxy) is 1. The lowest BCUT2D eigenvalue weighted by molar-refractivity contribution is -0.278. The minimum atomic E-state index is -5.42. The molecule has 3 N–H and O–H groups in total. The maximum Gasteiger partial charge on any atom is 0.574 e. The average Bonchev–Trinajstić information content (AvgIpc) is 2.22. The van der Waals surface area contributed by atoms with E-state index in [0.717, 1.165) is 0 Å². The number of hydrogen-bond donors (Lipinski definition) is 2. The van der Waals surface area contributed by atoms with Crippen LogP contribution in [0.3, 0.4) is 0 Å². The summed E-state index contributed by atoms with van der Waals surface area (Å²) in [7, 11) is 0. The van der Waals surface area contributed by atoms with Crippen LogP contribution in [0.2, 0.25) is 0 Å². The molecule has 1 aromatic rings. The first kappa shape index (κ1) is 17.0. The van der Waals surface area contributed by atoms with Crippen LogP contribution in [0.5, 0.6) is 5.88 Å². The van der Waals surface area contributed by atoms with Crippen LogP contribution in [0.25, 0.3) is 0 Å². The first-order valence-electron chi connectivity index (χ1n) is 5.21. The standard InChI is InChI=1S/C10H8F6N2O3/c11-9(12,13)7-4(3-17)1-5(2-6(19)20)18-8(7)21-10(14,15)16/h1H,2-3,17H2,(H,19,20). The molecule has 0 aliphatic rings. The van der Waals surface area contributed by atoms with E-state index in [4.69, 9.17) is 10.8 Å². The summed E-state index contributed by atoms with van der Waals surface area (Å²) in [6, 6.07) is 0.681. The van der Waals surface area contributed by atoms with Crippen LogP contribution in [-0.2, 0) is 23.9 Å². The van der Waals surface area contributed by atoms with Crippen molar-refractivity contribution in [1.82, 2.24) is 4.98 Å². The number of nitrogens with two attached hydrogens (primary N) is 1. The highest BCUT2D eigenvalue weighted by molar-refractivity contribution is 5.69. The molecule has 0 spiro atoms. The van der Waals surface area contributed by atoms with E-state index in [1.54, 1.807) is 0 Å². The summed E-state index contributed by atoms with van der Waals surface area (Å²) in [5.74, 6) is -3.25. The molecule has 0 radical (unpaired) electrons. The number of pyridine rings is 1. The highest BCUT2D eigenvalue weighted by atomic mass is 19.4. The molecular formula is C10H8F6N2O3. The number of carboxylic acid groups (broad SMARTS) is 1. The molecule has 0 fully saturated rings. The van der Waals surface area contributed by atoms with E-state index in [0.29, 0.717) is 6.07 Å². The second kappa shape index (κ2) is 5.76. The second-order valence-corrected chi connectivity index (χ2v) is 3.77. The van der Waals surface area contributed by atoms with E-state index < -0.39 is 54.2 Å². The second-order valence-electron chi connectivity index (χ2n) is 3.77. The molecule has 0 atom stereocenters. The van der Waals surface area contributed by atoms with Crippen LogP contribution < -0.4 is 10.5 Å². The van der Waals surface area contributed by atoms with E-state index in [2.05, 4.69) is 9.72 Å². The lowest BCUT2D eigenvalue weighted by Gasteiger charge is -2.18. The Morgan fingerprint density at radius 1 is 1.29 bits per heavy atom. The number of aliphatic carboxylic acids is 1. The van der Waals surface area contributed by atoms with Gasteiger partial charge in [-0.15, -0.1) is 13.2 Å². The highest BCUT2D eigenvalue weighted by Crippen LogP contribution is 2.39. The monoisotopic (exact) mass is 318 g/mol. The Hall–Kier alpha value is -2.04. The van der Waals surface area contributed by atoms with Crippen LogP contribution in [-0.4, -0.2) is 22.4 Å². The molecule has 0 aromatic carbocycles. The van der Waals surface area contributed by atoms with Crippen molar-refractivity contribution in [2.45, 2.75) is 25.5 Å². The van der Waals surface area contributed by atoms with E-state index >= 15 is 0 Å². The van der Waals surface area contributed by atoms with Crippen molar-refractivity contribution in [3.05, 3.63) is 22.9 Å². The van der Waals surface area contributed by atoms with Crippen LogP contribution in [0.4, 0.5) is 26.3 Å². The van der Waals surface area contributed by atoms with Gasteiger partial charge in [-0.05, 0) is 11.6 Å². The van der Waals surface area contributed by atoms with Crippen molar-refractivity contribution in [1.29, 1.82) is 0 Å². The normalized spacial score (nSPS) is 12.3. The van der Waals surface area contributed by atoms with Gasteiger partial charge in [-0.1, -0.05) is 0 Å². The fourth-order valence-electron chi connectivity index (χ4n) is 1.52. The summed E-state index contributed by atoms with van der Waals surface area (Å²) < 4.78 is 78.1. The van der Waals surface area contributed by atoms with Gasteiger partial charge in [-0.2, -0.15) is 13.2 Å². The third kappa shape index (κ3) is 4.77. The Balaban J connectivity index is 3.48. The maximum absolute atomic E-state index is 12.8. The number of aromatic nitrogens is 1. The van der Waals surface area contributed by atoms with Crippen LogP contribution in [0, 0.1) is 0 Å². The van der Waals surface area contributed by atoms with Gasteiger partial charge in [0.25, 0.3) is 0 Å². The summed E-state index contributed by atoms with van der Waals surface area (Å²) in [6.45, 7) is -0.766. The first-order valence-corrected chi connectivity index (χ1v) is 5.21. The smallest absolute Gasteiger partial charge is 0.481 e. The number of carboxylic acids is 1. The van der Waals surface area contributed by atoms with Crippen molar-refractivity contribution in [3.8, 4) is 5.88 Å². The van der Waals surface area contributed by atoms with E-state index in [1.807, 2.05) is 0 Å². The van der Waals surface area contributed by atoms with Crippen LogP contribution >= 0.6 is 0 Å². The molecule has 21 heavy (non-hydrogen) atoms. The predicted molar refractivity (Wildman–Crippen MR) is 55.2 cm³/mol. The summed E-state index contributed by atoms with van der Waals surface area (Å²) >= 11 is 0. The maximum atomic E-state index is 12.8. The van der Waals surface area contributed by atoms with Gasteiger partial charge in [0.1, 0.15) is 5.56 Å². The fraction of sp³-hybridized carbons (Fsp3) is 0.400. The van der Waals surface area contributed by atoms with Crippen molar-refractivity contribution < 1.29 is 41.0 Å². The topological polar surface area (TPSA) is 85.4 Å². The lowest BCUT2D eigenvalue weighted by Crippen LogP contribution is -2.23. The molecule has 1 rings (SSSR count). The van der Waals surface area contributed by atoms with E-state index in [-0.39, 0.29) is 0 Å².